The molecule has 0 atom stereocenters. The van der Waals surface area contributed by atoms with E-state index in [2.05, 4.69) is 15.8 Å². The third kappa shape index (κ3) is 4.95. The maximum Gasteiger partial charge on any atom is 0.324 e. The van der Waals surface area contributed by atoms with Crippen molar-refractivity contribution in [3.05, 3.63) is 62.8 Å². The molecule has 0 aliphatic rings. The van der Waals surface area contributed by atoms with Gasteiger partial charge in [-0.2, -0.15) is 5.10 Å². The summed E-state index contributed by atoms with van der Waals surface area (Å²) in [6, 6.07) is 7.87. The fourth-order valence-electron chi connectivity index (χ4n) is 1.61. The highest BCUT2D eigenvalue weighted by Gasteiger charge is 2.09. The molecule has 0 saturated carbocycles. The molecule has 0 radical (unpaired) electrons. The van der Waals surface area contributed by atoms with E-state index in [4.69, 9.17) is 0 Å². The van der Waals surface area contributed by atoms with Gasteiger partial charge < -0.3 is 5.32 Å². The van der Waals surface area contributed by atoms with Crippen LogP contribution in [-0.2, 0) is 4.79 Å². The van der Waals surface area contributed by atoms with Gasteiger partial charge in [-0.25, -0.2) is 9.82 Å². The van der Waals surface area contributed by atoms with E-state index >= 15 is 0 Å². The first kappa shape index (κ1) is 17.2. The lowest BCUT2D eigenvalue weighted by atomic mass is 10.2. The minimum atomic E-state index is -0.595. The average Bonchev–Trinajstić information content (AvgIpc) is 3.02. The molecule has 24 heavy (non-hydrogen) atoms. The predicted molar refractivity (Wildman–Crippen MR) is 85.4 cm³/mol. The number of thiophene rings is 1. The first-order chi connectivity index (χ1) is 11.5. The van der Waals surface area contributed by atoms with Crippen molar-refractivity contribution in [2.75, 3.05) is 6.54 Å². The van der Waals surface area contributed by atoms with E-state index in [0.717, 1.165) is 17.4 Å². The lowest BCUT2D eigenvalue weighted by molar-refractivity contribution is -0.380. The molecular formula is C14H11FN4O4S. The minimum absolute atomic E-state index is 0.0369. The summed E-state index contributed by atoms with van der Waals surface area (Å²) >= 11 is 0.905. The third-order valence-electron chi connectivity index (χ3n) is 2.67. The van der Waals surface area contributed by atoms with Gasteiger partial charge in [-0.15, -0.1) is 0 Å². The van der Waals surface area contributed by atoms with Crippen molar-refractivity contribution in [3.63, 3.8) is 0 Å². The fraction of sp³-hybridized carbons (Fsp3) is 0.0714. The van der Waals surface area contributed by atoms with Crippen molar-refractivity contribution >= 4 is 34.4 Å². The highest BCUT2D eigenvalue weighted by Crippen LogP contribution is 2.22. The lowest BCUT2D eigenvalue weighted by Gasteiger charge is -2.04. The Kier molecular flexibility index (Phi) is 5.68. The molecule has 1 aromatic carbocycles. The van der Waals surface area contributed by atoms with Gasteiger partial charge in [0.25, 0.3) is 11.8 Å². The molecule has 0 fully saturated rings. The number of hydrazone groups is 1. The van der Waals surface area contributed by atoms with Gasteiger partial charge in [0.1, 0.15) is 5.82 Å². The molecule has 1 heterocycles. The lowest BCUT2D eigenvalue weighted by Crippen LogP contribution is -2.34. The number of amides is 2. The maximum absolute atomic E-state index is 13.0. The second-order valence-electron chi connectivity index (χ2n) is 4.42. The first-order valence-electron chi connectivity index (χ1n) is 6.55. The molecular weight excluding hydrogens is 339 g/mol. The van der Waals surface area contributed by atoms with Gasteiger partial charge in [0, 0.05) is 11.6 Å². The van der Waals surface area contributed by atoms with Gasteiger partial charge in [-0.1, -0.05) is 17.4 Å². The van der Waals surface area contributed by atoms with Gasteiger partial charge in [0.2, 0.25) is 0 Å². The van der Waals surface area contributed by atoms with Crippen LogP contribution in [0.25, 0.3) is 0 Å². The topological polar surface area (TPSA) is 114 Å². The standard InChI is InChI=1S/C14H11FN4O4S/c15-10-3-1-2-9(6-10)14(21)16-8-12(20)18-17-7-11-4-5-13(24-11)19(22)23/h1-7H,8H2,(H,16,21)(H,18,20)/b17-7+. The summed E-state index contributed by atoms with van der Waals surface area (Å²) in [6.07, 6.45) is 1.25. The second kappa shape index (κ2) is 7.92. The van der Waals surface area contributed by atoms with E-state index in [1.54, 1.807) is 0 Å². The molecule has 10 heteroatoms. The van der Waals surface area contributed by atoms with E-state index in [-0.39, 0.29) is 17.1 Å². The number of nitrogens with one attached hydrogen (secondary N) is 2. The van der Waals surface area contributed by atoms with Crippen LogP contribution in [0.1, 0.15) is 15.2 Å². The van der Waals surface area contributed by atoms with Crippen LogP contribution in [0.4, 0.5) is 9.39 Å². The molecule has 2 rings (SSSR count). The van der Waals surface area contributed by atoms with E-state index in [1.165, 1.54) is 36.5 Å². The summed E-state index contributed by atoms with van der Waals surface area (Å²) in [5, 5.41) is 16.4. The van der Waals surface area contributed by atoms with Crippen LogP contribution >= 0.6 is 11.3 Å². The molecule has 1 aromatic heterocycles. The monoisotopic (exact) mass is 350 g/mol. The van der Waals surface area contributed by atoms with Crippen LogP contribution in [0.3, 0.4) is 0 Å². The highest BCUT2D eigenvalue weighted by atomic mass is 32.1. The molecule has 0 aliphatic carbocycles. The molecule has 0 bridgehead atoms. The van der Waals surface area contributed by atoms with Crippen molar-refractivity contribution in [2.45, 2.75) is 0 Å². The Balaban J connectivity index is 1.79. The molecule has 8 nitrogen and oxygen atoms in total. The van der Waals surface area contributed by atoms with Crippen LogP contribution in [-0.4, -0.2) is 29.5 Å². The number of carbonyl (C=O) groups excluding carboxylic acids is 2. The smallest absolute Gasteiger partial charge is 0.324 e. The Morgan fingerprint density at radius 3 is 2.79 bits per heavy atom. The summed E-state index contributed by atoms with van der Waals surface area (Å²) in [5.74, 6) is -1.74. The zero-order valence-corrected chi connectivity index (χ0v) is 12.9. The Hall–Kier alpha value is -3.14. The Morgan fingerprint density at radius 1 is 1.33 bits per heavy atom. The van der Waals surface area contributed by atoms with Crippen LogP contribution in [0.5, 0.6) is 0 Å². The highest BCUT2D eigenvalue weighted by molar-refractivity contribution is 7.16. The number of hydrogen-bond acceptors (Lipinski definition) is 6. The second-order valence-corrected chi connectivity index (χ2v) is 5.51. The van der Waals surface area contributed by atoms with Crippen molar-refractivity contribution in [2.24, 2.45) is 5.10 Å². The quantitative estimate of drug-likeness (QED) is 0.468. The fourth-order valence-corrected chi connectivity index (χ4v) is 2.30. The summed E-state index contributed by atoms with van der Waals surface area (Å²) < 4.78 is 13.0. The number of nitrogens with zero attached hydrogens (tertiary/aromatic N) is 2. The Morgan fingerprint density at radius 2 is 2.12 bits per heavy atom. The number of rotatable bonds is 6. The number of nitro groups is 1. The van der Waals surface area contributed by atoms with E-state index in [9.17, 15) is 24.1 Å². The Bertz CT molecular complexity index is 806. The Labute approximate surface area is 139 Å². The molecule has 0 aliphatic heterocycles. The average molecular weight is 350 g/mol. The van der Waals surface area contributed by atoms with Crippen LogP contribution in [0.15, 0.2) is 41.5 Å². The summed E-state index contributed by atoms with van der Waals surface area (Å²) in [5.41, 5.74) is 2.26. The number of benzene rings is 1. The zero-order chi connectivity index (χ0) is 17.5. The molecule has 124 valence electrons. The zero-order valence-electron chi connectivity index (χ0n) is 12.1. The van der Waals surface area contributed by atoms with Crippen LogP contribution in [0.2, 0.25) is 0 Å². The minimum Gasteiger partial charge on any atom is -0.343 e. The van der Waals surface area contributed by atoms with Gasteiger partial charge in [-0.05, 0) is 24.3 Å². The van der Waals surface area contributed by atoms with Crippen molar-refractivity contribution in [3.8, 4) is 0 Å². The third-order valence-corrected chi connectivity index (χ3v) is 3.64. The molecule has 2 amide bonds. The van der Waals surface area contributed by atoms with Crippen LogP contribution < -0.4 is 10.7 Å². The molecule has 0 unspecified atom stereocenters. The van der Waals surface area contributed by atoms with E-state index < -0.39 is 22.6 Å². The predicted octanol–water partition coefficient (Wildman–Crippen LogP) is 1.68. The van der Waals surface area contributed by atoms with E-state index in [0.29, 0.717) is 4.88 Å². The van der Waals surface area contributed by atoms with Crippen molar-refractivity contribution in [1.29, 1.82) is 0 Å². The number of carbonyl (C=O) groups is 2. The van der Waals surface area contributed by atoms with Gasteiger partial charge in [0.15, 0.2) is 0 Å². The van der Waals surface area contributed by atoms with E-state index in [1.807, 2.05) is 0 Å². The van der Waals surface area contributed by atoms with Crippen molar-refractivity contribution in [1.82, 2.24) is 10.7 Å². The largest absolute Gasteiger partial charge is 0.343 e. The van der Waals surface area contributed by atoms with Crippen LogP contribution in [0, 0.1) is 15.9 Å². The molecule has 0 spiro atoms. The number of hydrogen-bond donors (Lipinski definition) is 2. The molecule has 2 N–H and O–H groups in total. The SMILES string of the molecule is O=C(CNC(=O)c1cccc(F)c1)N/N=C/c1ccc([N+](=O)[O-])s1. The summed E-state index contributed by atoms with van der Waals surface area (Å²) in [7, 11) is 0. The normalized spacial score (nSPS) is 10.5. The first-order valence-corrected chi connectivity index (χ1v) is 7.37. The van der Waals surface area contributed by atoms with Crippen molar-refractivity contribution < 1.29 is 18.9 Å². The summed E-state index contributed by atoms with van der Waals surface area (Å²) in [4.78, 5) is 33.7. The summed E-state index contributed by atoms with van der Waals surface area (Å²) in [6.45, 7) is -0.350. The number of halogens is 1. The maximum atomic E-state index is 13.0. The van der Waals surface area contributed by atoms with Gasteiger partial charge in [0.05, 0.1) is 22.6 Å². The molecule has 2 aromatic rings. The van der Waals surface area contributed by atoms with Gasteiger partial charge >= 0.3 is 5.00 Å². The molecule has 0 saturated heterocycles. The van der Waals surface area contributed by atoms with Gasteiger partial charge in [-0.3, -0.25) is 19.7 Å².